The van der Waals surface area contributed by atoms with Crippen LogP contribution in [0, 0.1) is 18.3 Å². The van der Waals surface area contributed by atoms with Crippen molar-refractivity contribution >= 4 is 5.78 Å². The molecule has 2 N–H and O–H groups in total. The molecule has 0 bridgehead atoms. The van der Waals surface area contributed by atoms with Crippen LogP contribution in [-0.2, 0) is 4.79 Å². The van der Waals surface area contributed by atoms with Crippen LogP contribution >= 0.6 is 0 Å². The van der Waals surface area contributed by atoms with Crippen LogP contribution in [0.3, 0.4) is 0 Å². The van der Waals surface area contributed by atoms with Gasteiger partial charge in [-0.15, -0.1) is 6.42 Å². The molecule has 60 valence electrons. The van der Waals surface area contributed by atoms with E-state index in [1.807, 2.05) is 0 Å². The Bertz CT molecular complexity index is 192. The smallest absolute Gasteiger partial charge is 0.205 e. The third kappa shape index (κ3) is 2.36. The first-order valence-electron chi connectivity index (χ1n) is 3.97. The molecule has 0 amide bonds. The Morgan fingerprint density at radius 1 is 1.64 bits per heavy atom. The summed E-state index contributed by atoms with van der Waals surface area (Å²) in [4.78, 5) is 10.8. The van der Waals surface area contributed by atoms with Crippen molar-refractivity contribution in [3.63, 3.8) is 0 Å². The Balaban J connectivity index is 2.30. The second kappa shape index (κ2) is 3.54. The highest BCUT2D eigenvalue weighted by Crippen LogP contribution is 2.26. The molecule has 1 aliphatic rings. The van der Waals surface area contributed by atoms with E-state index >= 15 is 0 Å². The number of ketones is 1. The number of carbonyl (C=O) groups excluding carboxylic acids is 1. The van der Waals surface area contributed by atoms with Gasteiger partial charge in [0.15, 0.2) is 0 Å². The van der Waals surface area contributed by atoms with Crippen LogP contribution in [0.5, 0.6) is 0 Å². The molecular formula is C9H13NO. The van der Waals surface area contributed by atoms with Crippen LogP contribution < -0.4 is 5.73 Å². The zero-order valence-corrected chi connectivity index (χ0v) is 6.55. The number of nitrogens with two attached hydrogens (primary N) is 1. The Hall–Kier alpha value is -0.810. The molecule has 0 aliphatic heterocycles. The van der Waals surface area contributed by atoms with Gasteiger partial charge in [-0.1, -0.05) is 0 Å². The van der Waals surface area contributed by atoms with Gasteiger partial charge >= 0.3 is 0 Å². The summed E-state index contributed by atoms with van der Waals surface area (Å²) in [6, 6.07) is 0.297. The molecule has 1 saturated carbocycles. The molecule has 0 heterocycles. The van der Waals surface area contributed by atoms with Crippen molar-refractivity contribution in [2.75, 3.05) is 0 Å². The lowest BCUT2D eigenvalue weighted by Crippen LogP contribution is -2.15. The minimum absolute atomic E-state index is 0.0795. The monoisotopic (exact) mass is 151 g/mol. The number of Topliss-reactive ketones (excluding diaryl/α,β-unsaturated/α-hetero) is 1. The summed E-state index contributed by atoms with van der Waals surface area (Å²) in [5, 5.41) is 0. The van der Waals surface area contributed by atoms with E-state index < -0.39 is 0 Å². The predicted molar refractivity (Wildman–Crippen MR) is 43.8 cm³/mol. The van der Waals surface area contributed by atoms with Crippen LogP contribution in [0.15, 0.2) is 0 Å². The van der Waals surface area contributed by atoms with Gasteiger partial charge in [-0.05, 0) is 31.1 Å². The maximum atomic E-state index is 10.8. The van der Waals surface area contributed by atoms with Gasteiger partial charge in [0.1, 0.15) is 0 Å². The number of terminal acetylenes is 1. The molecule has 1 fully saturated rings. The fourth-order valence-electron chi connectivity index (χ4n) is 1.62. The van der Waals surface area contributed by atoms with E-state index in [-0.39, 0.29) is 5.78 Å². The number of carbonyl (C=O) groups is 1. The molecule has 0 spiro atoms. The predicted octanol–water partition coefficient (Wildman–Crippen LogP) is 0.706. The van der Waals surface area contributed by atoms with Crippen molar-refractivity contribution in [3.05, 3.63) is 0 Å². The van der Waals surface area contributed by atoms with E-state index in [0.717, 1.165) is 19.3 Å². The Morgan fingerprint density at radius 2 is 2.36 bits per heavy atom. The van der Waals surface area contributed by atoms with E-state index in [1.54, 1.807) is 0 Å². The van der Waals surface area contributed by atoms with E-state index in [1.165, 1.54) is 0 Å². The lowest BCUT2D eigenvalue weighted by molar-refractivity contribution is -0.114. The summed E-state index contributed by atoms with van der Waals surface area (Å²) < 4.78 is 0. The summed E-state index contributed by atoms with van der Waals surface area (Å²) >= 11 is 0. The maximum Gasteiger partial charge on any atom is 0.205 e. The SMILES string of the molecule is C#CC(=O)C[C@@H]1CC[C@H](N)C1. The van der Waals surface area contributed by atoms with E-state index in [0.29, 0.717) is 18.4 Å². The minimum Gasteiger partial charge on any atom is -0.328 e. The quantitative estimate of drug-likeness (QED) is 0.466. The summed E-state index contributed by atoms with van der Waals surface area (Å²) in [7, 11) is 0. The standard InChI is InChI=1S/C9H13NO/c1-2-9(11)6-7-3-4-8(10)5-7/h1,7-8H,3-6,10H2/t7-,8+/m1/s1. The second-order valence-electron chi connectivity index (χ2n) is 3.21. The zero-order chi connectivity index (χ0) is 8.27. The van der Waals surface area contributed by atoms with Crippen molar-refractivity contribution in [1.82, 2.24) is 0 Å². The first kappa shape index (κ1) is 8.29. The first-order chi connectivity index (χ1) is 5.22. The summed E-state index contributed by atoms with van der Waals surface area (Å²) in [6.45, 7) is 0. The fraction of sp³-hybridized carbons (Fsp3) is 0.667. The molecule has 2 nitrogen and oxygen atoms in total. The van der Waals surface area contributed by atoms with Gasteiger partial charge in [-0.3, -0.25) is 4.79 Å². The summed E-state index contributed by atoms with van der Waals surface area (Å²) in [6.07, 6.45) is 8.56. The Kier molecular flexibility index (Phi) is 2.67. The molecule has 0 radical (unpaired) electrons. The maximum absolute atomic E-state index is 10.8. The first-order valence-corrected chi connectivity index (χ1v) is 3.97. The molecule has 1 rings (SSSR count). The van der Waals surface area contributed by atoms with E-state index in [2.05, 4.69) is 5.92 Å². The van der Waals surface area contributed by atoms with E-state index in [4.69, 9.17) is 12.2 Å². The molecule has 2 atom stereocenters. The lowest BCUT2D eigenvalue weighted by Gasteiger charge is -2.04. The van der Waals surface area contributed by atoms with Gasteiger partial charge in [-0.25, -0.2) is 0 Å². The topological polar surface area (TPSA) is 43.1 Å². The Labute approximate surface area is 67.2 Å². The second-order valence-corrected chi connectivity index (χ2v) is 3.21. The molecule has 0 aromatic rings. The highest BCUT2D eigenvalue weighted by atomic mass is 16.1. The van der Waals surface area contributed by atoms with Crippen LogP contribution in [-0.4, -0.2) is 11.8 Å². The molecular weight excluding hydrogens is 138 g/mol. The lowest BCUT2D eigenvalue weighted by atomic mass is 10.0. The molecule has 0 saturated heterocycles. The third-order valence-electron chi connectivity index (χ3n) is 2.22. The van der Waals surface area contributed by atoms with Crippen LogP contribution in [0.4, 0.5) is 0 Å². The Morgan fingerprint density at radius 3 is 2.82 bits per heavy atom. The van der Waals surface area contributed by atoms with Gasteiger partial charge in [0.25, 0.3) is 0 Å². The fourth-order valence-corrected chi connectivity index (χ4v) is 1.62. The normalized spacial score (nSPS) is 29.8. The number of rotatable bonds is 2. The van der Waals surface area contributed by atoms with Gasteiger partial charge in [0.05, 0.1) is 0 Å². The van der Waals surface area contributed by atoms with Crippen molar-refractivity contribution < 1.29 is 4.79 Å². The molecule has 2 heteroatoms. The van der Waals surface area contributed by atoms with Crippen LogP contribution in [0.1, 0.15) is 25.7 Å². The minimum atomic E-state index is -0.0795. The van der Waals surface area contributed by atoms with Crippen molar-refractivity contribution in [1.29, 1.82) is 0 Å². The summed E-state index contributed by atoms with van der Waals surface area (Å²) in [5.74, 6) is 2.50. The highest BCUT2D eigenvalue weighted by Gasteiger charge is 2.22. The van der Waals surface area contributed by atoms with Crippen LogP contribution in [0.2, 0.25) is 0 Å². The van der Waals surface area contributed by atoms with Crippen molar-refractivity contribution in [2.45, 2.75) is 31.7 Å². The number of hydrogen-bond acceptors (Lipinski definition) is 2. The largest absolute Gasteiger partial charge is 0.328 e. The molecule has 0 aromatic carbocycles. The van der Waals surface area contributed by atoms with Gasteiger partial charge in [0, 0.05) is 12.5 Å². The molecule has 11 heavy (non-hydrogen) atoms. The average molecular weight is 151 g/mol. The third-order valence-corrected chi connectivity index (χ3v) is 2.22. The van der Waals surface area contributed by atoms with Crippen molar-refractivity contribution in [2.24, 2.45) is 11.7 Å². The van der Waals surface area contributed by atoms with Gasteiger partial charge in [-0.2, -0.15) is 0 Å². The van der Waals surface area contributed by atoms with Crippen LogP contribution in [0.25, 0.3) is 0 Å². The van der Waals surface area contributed by atoms with Crippen molar-refractivity contribution in [3.8, 4) is 12.3 Å². The highest BCUT2D eigenvalue weighted by molar-refractivity contribution is 5.94. The van der Waals surface area contributed by atoms with Gasteiger partial charge in [0.2, 0.25) is 5.78 Å². The number of hydrogen-bond donors (Lipinski definition) is 1. The molecule has 0 unspecified atom stereocenters. The zero-order valence-electron chi connectivity index (χ0n) is 6.55. The molecule has 0 aromatic heterocycles. The van der Waals surface area contributed by atoms with E-state index in [9.17, 15) is 4.79 Å². The summed E-state index contributed by atoms with van der Waals surface area (Å²) in [5.41, 5.74) is 5.68. The average Bonchev–Trinajstić information content (AvgIpc) is 2.35. The molecule has 1 aliphatic carbocycles. The van der Waals surface area contributed by atoms with Gasteiger partial charge < -0.3 is 5.73 Å².